The van der Waals surface area contributed by atoms with Crippen molar-refractivity contribution >= 4 is 17.6 Å². The third-order valence-electron chi connectivity index (χ3n) is 3.37. The third-order valence-corrected chi connectivity index (χ3v) is 3.62. The van der Waals surface area contributed by atoms with Crippen LogP contribution in [0.2, 0.25) is 5.02 Å². The van der Waals surface area contributed by atoms with Gasteiger partial charge in [0.25, 0.3) is 0 Å². The third kappa shape index (κ3) is 4.15. The van der Waals surface area contributed by atoms with Crippen molar-refractivity contribution in [2.45, 2.75) is 6.61 Å². The van der Waals surface area contributed by atoms with Crippen LogP contribution in [0.1, 0.15) is 15.9 Å². The molecule has 3 aromatic rings. The summed E-state index contributed by atoms with van der Waals surface area (Å²) >= 11 is 5.87. The lowest BCUT2D eigenvalue weighted by Gasteiger charge is -2.11. The molecule has 0 aliphatic heterocycles. The number of halogens is 1. The molecule has 3 rings (SSSR count). The van der Waals surface area contributed by atoms with Crippen LogP contribution in [0.4, 0.5) is 0 Å². The van der Waals surface area contributed by atoms with Crippen LogP contribution in [0.3, 0.4) is 0 Å². The second kappa shape index (κ2) is 7.66. The van der Waals surface area contributed by atoms with Crippen molar-refractivity contribution in [1.29, 1.82) is 0 Å². The van der Waals surface area contributed by atoms with E-state index in [-0.39, 0.29) is 0 Å². The van der Waals surface area contributed by atoms with E-state index in [1.54, 1.807) is 42.5 Å². The van der Waals surface area contributed by atoms with E-state index in [0.717, 1.165) is 5.56 Å². The largest absolute Gasteiger partial charge is 0.488 e. The molecule has 0 fully saturated rings. The van der Waals surface area contributed by atoms with Crippen molar-refractivity contribution in [2.75, 3.05) is 0 Å². The van der Waals surface area contributed by atoms with Crippen molar-refractivity contribution in [3.63, 3.8) is 0 Å². The van der Waals surface area contributed by atoms with Gasteiger partial charge in [0, 0.05) is 5.02 Å². The average molecular weight is 339 g/mol. The van der Waals surface area contributed by atoms with Gasteiger partial charge in [-0.15, -0.1) is 0 Å². The molecule has 0 amide bonds. The summed E-state index contributed by atoms with van der Waals surface area (Å²) in [4.78, 5) is 12.4. The summed E-state index contributed by atoms with van der Waals surface area (Å²) in [6.45, 7) is 0.340. The maximum atomic E-state index is 12.4. The number of hydrogen-bond acceptors (Lipinski definition) is 3. The van der Waals surface area contributed by atoms with Crippen LogP contribution < -0.4 is 9.47 Å². The summed E-state index contributed by atoms with van der Waals surface area (Å²) in [6.07, 6.45) is 0. The summed E-state index contributed by atoms with van der Waals surface area (Å²) in [7, 11) is 0. The Balaban J connectivity index is 1.72. The van der Waals surface area contributed by atoms with Gasteiger partial charge in [-0.3, -0.25) is 0 Å². The quantitative estimate of drug-likeness (QED) is 0.477. The number of hydrogen-bond donors (Lipinski definition) is 0. The highest BCUT2D eigenvalue weighted by Gasteiger charge is 2.14. The van der Waals surface area contributed by atoms with Gasteiger partial charge < -0.3 is 9.47 Å². The van der Waals surface area contributed by atoms with Gasteiger partial charge >= 0.3 is 5.97 Å². The highest BCUT2D eigenvalue weighted by Crippen LogP contribution is 2.22. The molecule has 0 unspecified atom stereocenters. The molecule has 0 atom stereocenters. The van der Waals surface area contributed by atoms with Crippen LogP contribution >= 0.6 is 11.6 Å². The number of benzene rings is 3. The van der Waals surface area contributed by atoms with Gasteiger partial charge in [0.1, 0.15) is 23.7 Å². The van der Waals surface area contributed by atoms with Crippen LogP contribution in [0, 0.1) is 0 Å². The maximum Gasteiger partial charge on any atom is 0.347 e. The fourth-order valence-electron chi connectivity index (χ4n) is 2.15. The van der Waals surface area contributed by atoms with E-state index in [4.69, 9.17) is 21.1 Å². The SMILES string of the molecule is O=C(Oc1ccccc1)c1ccccc1OCc1ccc(Cl)cc1. The fraction of sp³-hybridized carbons (Fsp3) is 0.0500. The standard InChI is InChI=1S/C20H15ClO3/c21-16-12-10-15(11-13-16)14-23-19-9-5-4-8-18(19)20(22)24-17-6-2-1-3-7-17/h1-13H,14H2. The van der Waals surface area contributed by atoms with Gasteiger partial charge in [-0.25, -0.2) is 4.79 Å². The van der Waals surface area contributed by atoms with Gasteiger partial charge in [0.2, 0.25) is 0 Å². The topological polar surface area (TPSA) is 35.5 Å². The first-order valence-electron chi connectivity index (χ1n) is 7.46. The van der Waals surface area contributed by atoms with Crippen molar-refractivity contribution in [3.8, 4) is 11.5 Å². The molecule has 0 saturated carbocycles. The first kappa shape index (κ1) is 16.1. The predicted octanol–water partition coefficient (Wildman–Crippen LogP) is 5.14. The van der Waals surface area contributed by atoms with Crippen LogP contribution in [0.5, 0.6) is 11.5 Å². The van der Waals surface area contributed by atoms with E-state index in [1.807, 2.05) is 36.4 Å². The Hall–Kier alpha value is -2.78. The van der Waals surface area contributed by atoms with E-state index < -0.39 is 5.97 Å². The van der Waals surface area contributed by atoms with E-state index >= 15 is 0 Å². The lowest BCUT2D eigenvalue weighted by molar-refractivity contribution is 0.0729. The second-order valence-electron chi connectivity index (χ2n) is 5.11. The molecule has 0 aliphatic rings. The fourth-order valence-corrected chi connectivity index (χ4v) is 2.28. The van der Waals surface area contributed by atoms with Crippen LogP contribution in [0.25, 0.3) is 0 Å². The lowest BCUT2D eigenvalue weighted by Crippen LogP contribution is -2.10. The van der Waals surface area contributed by atoms with Crippen LogP contribution in [0.15, 0.2) is 78.9 Å². The minimum absolute atomic E-state index is 0.340. The van der Waals surface area contributed by atoms with Crippen LogP contribution in [-0.4, -0.2) is 5.97 Å². The van der Waals surface area contributed by atoms with Crippen molar-refractivity contribution in [1.82, 2.24) is 0 Å². The lowest BCUT2D eigenvalue weighted by atomic mass is 10.2. The second-order valence-corrected chi connectivity index (χ2v) is 5.55. The first-order chi connectivity index (χ1) is 11.7. The molecule has 0 heterocycles. The van der Waals surface area contributed by atoms with E-state index in [9.17, 15) is 4.79 Å². The highest BCUT2D eigenvalue weighted by molar-refractivity contribution is 6.30. The average Bonchev–Trinajstić information content (AvgIpc) is 2.62. The number of carbonyl (C=O) groups is 1. The van der Waals surface area contributed by atoms with E-state index in [1.165, 1.54) is 0 Å². The molecule has 24 heavy (non-hydrogen) atoms. The monoisotopic (exact) mass is 338 g/mol. The van der Waals surface area contributed by atoms with Gasteiger partial charge in [0.05, 0.1) is 0 Å². The van der Waals surface area contributed by atoms with Gasteiger partial charge in [0.15, 0.2) is 0 Å². The maximum absolute atomic E-state index is 12.4. The minimum Gasteiger partial charge on any atom is -0.488 e. The Morgan fingerprint density at radius 2 is 1.50 bits per heavy atom. The molecule has 0 saturated heterocycles. The zero-order chi connectivity index (χ0) is 16.8. The Morgan fingerprint density at radius 3 is 2.25 bits per heavy atom. The number of rotatable bonds is 5. The first-order valence-corrected chi connectivity index (χ1v) is 7.84. The summed E-state index contributed by atoms with van der Waals surface area (Å²) in [5.41, 5.74) is 1.35. The Labute approximate surface area is 145 Å². The molecule has 3 aromatic carbocycles. The summed E-state index contributed by atoms with van der Waals surface area (Å²) < 4.78 is 11.2. The zero-order valence-corrected chi connectivity index (χ0v) is 13.6. The van der Waals surface area contributed by atoms with Crippen molar-refractivity contribution in [2.24, 2.45) is 0 Å². The Kier molecular flexibility index (Phi) is 5.14. The summed E-state index contributed by atoms with van der Waals surface area (Å²) in [5.74, 6) is 0.524. The molecule has 0 aliphatic carbocycles. The smallest absolute Gasteiger partial charge is 0.347 e. The number of esters is 1. The molecular weight excluding hydrogens is 324 g/mol. The molecule has 3 nitrogen and oxygen atoms in total. The molecule has 0 bridgehead atoms. The van der Waals surface area contributed by atoms with E-state index in [2.05, 4.69) is 0 Å². The number of para-hydroxylation sites is 2. The predicted molar refractivity (Wildman–Crippen MR) is 93.6 cm³/mol. The number of ether oxygens (including phenoxy) is 2. The van der Waals surface area contributed by atoms with Crippen molar-refractivity contribution in [3.05, 3.63) is 95.0 Å². The van der Waals surface area contributed by atoms with Gasteiger partial charge in [-0.1, -0.05) is 54.1 Å². The molecule has 0 radical (unpaired) electrons. The summed E-state index contributed by atoms with van der Waals surface area (Å²) in [5, 5.41) is 0.672. The molecular formula is C20H15ClO3. The Bertz CT molecular complexity index is 814. The highest BCUT2D eigenvalue weighted by atomic mass is 35.5. The summed E-state index contributed by atoms with van der Waals surface area (Å²) in [6, 6.07) is 23.3. The normalized spacial score (nSPS) is 10.2. The van der Waals surface area contributed by atoms with E-state index in [0.29, 0.717) is 28.7 Å². The molecule has 0 spiro atoms. The zero-order valence-electron chi connectivity index (χ0n) is 12.8. The minimum atomic E-state index is -0.451. The van der Waals surface area contributed by atoms with Gasteiger partial charge in [-0.2, -0.15) is 0 Å². The van der Waals surface area contributed by atoms with Crippen LogP contribution in [-0.2, 0) is 6.61 Å². The number of carbonyl (C=O) groups excluding carboxylic acids is 1. The molecule has 0 N–H and O–H groups in total. The van der Waals surface area contributed by atoms with Crippen molar-refractivity contribution < 1.29 is 14.3 Å². The van der Waals surface area contributed by atoms with Gasteiger partial charge in [-0.05, 0) is 42.0 Å². The molecule has 0 aromatic heterocycles. The molecule has 120 valence electrons. The molecule has 4 heteroatoms. The Morgan fingerprint density at radius 1 is 0.833 bits per heavy atom.